The Hall–Kier alpha value is -2.93. The van der Waals surface area contributed by atoms with Crippen molar-refractivity contribution < 1.29 is 9.90 Å². The Balaban J connectivity index is 1.60. The summed E-state index contributed by atoms with van der Waals surface area (Å²) in [5.74, 6) is -0.157. The van der Waals surface area contributed by atoms with E-state index in [4.69, 9.17) is 0 Å². The third kappa shape index (κ3) is 2.90. The number of carbonyl (C=O) groups excluding carboxylic acids is 1. The number of nitrogens with zero attached hydrogens (tertiary/aromatic N) is 2. The molecule has 1 aliphatic rings. The van der Waals surface area contributed by atoms with Crippen LogP contribution in [-0.4, -0.2) is 37.2 Å². The van der Waals surface area contributed by atoms with Crippen molar-refractivity contribution in [2.24, 2.45) is 7.05 Å². The molecule has 1 aliphatic carbocycles. The van der Waals surface area contributed by atoms with Crippen LogP contribution < -0.4 is 11.0 Å². The van der Waals surface area contributed by atoms with E-state index in [9.17, 15) is 14.7 Å². The Morgan fingerprint density at radius 3 is 2.85 bits per heavy atom. The highest BCUT2D eigenvalue weighted by atomic mass is 16.3. The zero-order chi connectivity index (χ0) is 18.5. The van der Waals surface area contributed by atoms with Gasteiger partial charge in [-0.2, -0.15) is 0 Å². The second kappa shape index (κ2) is 5.81. The van der Waals surface area contributed by atoms with E-state index in [1.54, 1.807) is 32.3 Å². The minimum absolute atomic E-state index is 0.00792. The van der Waals surface area contributed by atoms with Crippen LogP contribution in [0.5, 0.6) is 0 Å². The van der Waals surface area contributed by atoms with E-state index >= 15 is 0 Å². The lowest BCUT2D eigenvalue weighted by molar-refractivity contribution is -0.0366. The zero-order valence-electron chi connectivity index (χ0n) is 14.6. The number of H-pyrrole nitrogens is 1. The predicted octanol–water partition coefficient (Wildman–Crippen LogP) is 1.57. The molecule has 134 valence electrons. The molecular weight excluding hydrogens is 332 g/mol. The quantitative estimate of drug-likeness (QED) is 0.666. The molecule has 1 fully saturated rings. The van der Waals surface area contributed by atoms with E-state index in [-0.39, 0.29) is 17.6 Å². The first-order valence-electron chi connectivity index (χ1n) is 8.51. The average molecular weight is 352 g/mol. The van der Waals surface area contributed by atoms with Gasteiger partial charge < -0.3 is 10.4 Å². The normalized spacial score (nSPS) is 22.2. The molecule has 0 bridgehead atoms. The second-order valence-corrected chi connectivity index (χ2v) is 7.24. The lowest BCUT2D eigenvalue weighted by atomic mass is 9.77. The number of nitrogens with one attached hydrogen (secondary N) is 2. The smallest absolute Gasteiger partial charge is 0.327 e. The van der Waals surface area contributed by atoms with E-state index in [2.05, 4.69) is 15.3 Å². The molecule has 2 aromatic heterocycles. The molecule has 0 aliphatic heterocycles. The molecule has 1 amide bonds. The Morgan fingerprint density at radius 1 is 1.35 bits per heavy atom. The van der Waals surface area contributed by atoms with Crippen molar-refractivity contribution in [3.63, 3.8) is 0 Å². The second-order valence-electron chi connectivity index (χ2n) is 7.24. The van der Waals surface area contributed by atoms with Crippen LogP contribution in [0.4, 0.5) is 0 Å². The van der Waals surface area contributed by atoms with Gasteiger partial charge in [-0.05, 0) is 43.5 Å². The third-order valence-electron chi connectivity index (χ3n) is 4.92. The van der Waals surface area contributed by atoms with Gasteiger partial charge in [0.2, 0.25) is 0 Å². The summed E-state index contributed by atoms with van der Waals surface area (Å²) < 4.78 is 1.50. The molecular formula is C19H20N4O3. The van der Waals surface area contributed by atoms with E-state index < -0.39 is 5.60 Å². The number of rotatable bonds is 3. The predicted molar refractivity (Wildman–Crippen MR) is 97.9 cm³/mol. The lowest BCUT2D eigenvalue weighted by Crippen LogP contribution is -2.53. The highest BCUT2D eigenvalue weighted by molar-refractivity contribution is 5.96. The molecule has 0 unspecified atom stereocenters. The third-order valence-corrected chi connectivity index (χ3v) is 4.92. The number of aromatic nitrogens is 3. The molecule has 2 heterocycles. The number of carbonyl (C=O) groups is 1. The van der Waals surface area contributed by atoms with Gasteiger partial charge in [-0.3, -0.25) is 14.3 Å². The zero-order valence-corrected chi connectivity index (χ0v) is 14.6. The van der Waals surface area contributed by atoms with Crippen molar-refractivity contribution in [3.05, 3.63) is 52.6 Å². The molecule has 4 rings (SSSR count). The SMILES string of the molecule is Cn1c(=O)[nH]c2ncc(-c3cccc(C(=O)NC4CC(C)(O)C4)c3)cc21. The van der Waals surface area contributed by atoms with Gasteiger partial charge >= 0.3 is 5.69 Å². The van der Waals surface area contributed by atoms with E-state index in [0.717, 1.165) is 11.1 Å². The number of hydrogen-bond acceptors (Lipinski definition) is 4. The molecule has 0 saturated heterocycles. The molecule has 0 atom stereocenters. The molecule has 1 aromatic carbocycles. The molecule has 7 nitrogen and oxygen atoms in total. The summed E-state index contributed by atoms with van der Waals surface area (Å²) in [6.07, 6.45) is 2.82. The number of amides is 1. The number of aliphatic hydroxyl groups is 1. The number of benzene rings is 1. The Kier molecular flexibility index (Phi) is 3.69. The van der Waals surface area contributed by atoms with Crippen LogP contribution in [0.2, 0.25) is 0 Å². The maximum atomic E-state index is 12.5. The average Bonchev–Trinajstić information content (AvgIpc) is 2.87. The van der Waals surface area contributed by atoms with Crippen molar-refractivity contribution in [2.75, 3.05) is 0 Å². The van der Waals surface area contributed by atoms with Crippen molar-refractivity contribution in [1.82, 2.24) is 19.9 Å². The van der Waals surface area contributed by atoms with E-state index in [0.29, 0.717) is 29.6 Å². The summed E-state index contributed by atoms with van der Waals surface area (Å²) in [6, 6.07) is 9.17. The number of aromatic amines is 1. The summed E-state index contributed by atoms with van der Waals surface area (Å²) in [7, 11) is 1.68. The summed E-state index contributed by atoms with van der Waals surface area (Å²) in [4.78, 5) is 31.1. The van der Waals surface area contributed by atoms with Crippen molar-refractivity contribution in [1.29, 1.82) is 0 Å². The monoisotopic (exact) mass is 352 g/mol. The van der Waals surface area contributed by atoms with Crippen LogP contribution in [0, 0.1) is 0 Å². The van der Waals surface area contributed by atoms with E-state index in [1.807, 2.05) is 18.2 Å². The fourth-order valence-corrected chi connectivity index (χ4v) is 3.47. The number of pyridine rings is 1. The molecule has 3 aromatic rings. The van der Waals surface area contributed by atoms with Gasteiger partial charge in [0.05, 0.1) is 11.1 Å². The minimum atomic E-state index is -0.673. The Morgan fingerprint density at radius 2 is 2.12 bits per heavy atom. The molecule has 0 radical (unpaired) electrons. The summed E-state index contributed by atoms with van der Waals surface area (Å²) >= 11 is 0. The van der Waals surface area contributed by atoms with Gasteiger partial charge in [0, 0.05) is 30.4 Å². The summed E-state index contributed by atoms with van der Waals surface area (Å²) in [6.45, 7) is 1.77. The molecule has 3 N–H and O–H groups in total. The van der Waals surface area contributed by atoms with Crippen LogP contribution in [0.15, 0.2) is 41.3 Å². The summed E-state index contributed by atoms with van der Waals surface area (Å²) in [5.41, 5.74) is 2.58. The highest BCUT2D eigenvalue weighted by Gasteiger charge is 2.39. The summed E-state index contributed by atoms with van der Waals surface area (Å²) in [5, 5.41) is 12.7. The van der Waals surface area contributed by atoms with E-state index in [1.165, 1.54) is 4.57 Å². The van der Waals surface area contributed by atoms with Crippen molar-refractivity contribution in [3.8, 4) is 11.1 Å². The first-order chi connectivity index (χ1) is 12.3. The maximum Gasteiger partial charge on any atom is 0.327 e. The van der Waals surface area contributed by atoms with Gasteiger partial charge in [-0.15, -0.1) is 0 Å². The molecule has 26 heavy (non-hydrogen) atoms. The number of hydrogen-bond donors (Lipinski definition) is 3. The first kappa shape index (κ1) is 16.5. The van der Waals surface area contributed by atoms with Gasteiger partial charge in [0.25, 0.3) is 5.91 Å². The number of imidazole rings is 1. The standard InChI is InChI=1S/C19H20N4O3/c1-19(26)8-14(9-19)21-17(24)12-5-3-4-11(6-12)13-7-15-16(20-10-13)22-18(25)23(15)2/h3-7,10,14,26H,8-9H2,1-2H3,(H,21,24)(H,20,22,25). The maximum absolute atomic E-state index is 12.5. The van der Waals surface area contributed by atoms with Gasteiger partial charge in [-0.25, -0.2) is 9.78 Å². The largest absolute Gasteiger partial charge is 0.390 e. The van der Waals surface area contributed by atoms with Crippen molar-refractivity contribution >= 4 is 17.1 Å². The molecule has 0 spiro atoms. The number of fused-ring (bicyclic) bond motifs is 1. The fourth-order valence-electron chi connectivity index (χ4n) is 3.47. The minimum Gasteiger partial charge on any atom is -0.390 e. The topological polar surface area (TPSA) is 100 Å². The van der Waals surface area contributed by atoms with Crippen LogP contribution in [0.3, 0.4) is 0 Å². The lowest BCUT2D eigenvalue weighted by Gasteiger charge is -2.41. The van der Waals surface area contributed by atoms with Gasteiger partial charge in [0.1, 0.15) is 0 Å². The Labute approximate surface area is 149 Å². The van der Waals surface area contributed by atoms with Crippen LogP contribution in [0.25, 0.3) is 22.3 Å². The van der Waals surface area contributed by atoms with Crippen LogP contribution in [-0.2, 0) is 7.05 Å². The number of aryl methyl sites for hydroxylation is 1. The van der Waals surface area contributed by atoms with Crippen LogP contribution >= 0.6 is 0 Å². The van der Waals surface area contributed by atoms with Gasteiger partial charge in [-0.1, -0.05) is 12.1 Å². The van der Waals surface area contributed by atoms with Crippen molar-refractivity contribution in [2.45, 2.75) is 31.4 Å². The Bertz CT molecular complexity index is 1060. The first-order valence-corrected chi connectivity index (χ1v) is 8.51. The van der Waals surface area contributed by atoms with Gasteiger partial charge in [0.15, 0.2) is 5.65 Å². The molecule has 7 heteroatoms. The fraction of sp³-hybridized carbons (Fsp3) is 0.316. The highest BCUT2D eigenvalue weighted by Crippen LogP contribution is 2.31. The van der Waals surface area contributed by atoms with Crippen LogP contribution in [0.1, 0.15) is 30.1 Å². The molecule has 1 saturated carbocycles.